The molecule has 0 amide bonds. The summed E-state index contributed by atoms with van der Waals surface area (Å²) in [6.45, 7) is 3.64. The maximum atomic E-state index is 6.20. The normalized spacial score (nSPS) is 10.8. The molecular weight excluding hydrogens is 320 g/mol. The summed E-state index contributed by atoms with van der Waals surface area (Å²) in [5.41, 5.74) is 14.1. The average molecular weight is 343 g/mol. The lowest BCUT2D eigenvalue weighted by Crippen LogP contribution is -2.13. The predicted octanol–water partition coefficient (Wildman–Crippen LogP) is 2.72. The zero-order valence-electron chi connectivity index (χ0n) is 12.2. The molecule has 112 valence electrons. The van der Waals surface area contributed by atoms with Crippen LogP contribution in [-0.2, 0) is 6.54 Å². The van der Waals surface area contributed by atoms with Gasteiger partial charge >= 0.3 is 0 Å². The summed E-state index contributed by atoms with van der Waals surface area (Å²) in [6, 6.07) is 1.99. The van der Waals surface area contributed by atoms with E-state index in [0.717, 1.165) is 34.4 Å². The van der Waals surface area contributed by atoms with Gasteiger partial charge in [0.05, 0.1) is 12.8 Å². The molecule has 0 saturated heterocycles. The van der Waals surface area contributed by atoms with E-state index in [9.17, 15) is 0 Å². The average Bonchev–Trinajstić information content (AvgIpc) is 2.43. The molecule has 1 aromatic rings. The Bertz CT molecular complexity index is 477. The van der Waals surface area contributed by atoms with Gasteiger partial charge in [0.2, 0.25) is 0 Å². The number of benzene rings is 1. The van der Waals surface area contributed by atoms with E-state index < -0.39 is 0 Å². The van der Waals surface area contributed by atoms with Crippen LogP contribution in [0.3, 0.4) is 0 Å². The smallest absolute Gasteiger partial charge is 0.144 e. The Kier molecular flexibility index (Phi) is 6.51. The molecule has 0 radical (unpaired) electrons. The Morgan fingerprint density at radius 3 is 2.75 bits per heavy atom. The Hall–Kier alpha value is -1.56. The van der Waals surface area contributed by atoms with Gasteiger partial charge in [-0.1, -0.05) is 6.92 Å². The van der Waals surface area contributed by atoms with Crippen molar-refractivity contribution in [3.63, 3.8) is 0 Å². The number of rotatable bonds is 7. The molecule has 0 aliphatic rings. The molecule has 1 aromatic carbocycles. The quantitative estimate of drug-likeness (QED) is 0.664. The summed E-state index contributed by atoms with van der Waals surface area (Å²) in [5.74, 6) is 0.749. The highest BCUT2D eigenvalue weighted by Crippen LogP contribution is 2.39. The first-order chi connectivity index (χ1) is 9.54. The van der Waals surface area contributed by atoms with Gasteiger partial charge in [-0.2, -0.15) is 0 Å². The van der Waals surface area contributed by atoms with Crippen LogP contribution >= 0.6 is 15.9 Å². The van der Waals surface area contributed by atoms with E-state index in [4.69, 9.17) is 16.2 Å². The minimum absolute atomic E-state index is 0.665. The SMILES string of the molecule is CCCNc1c(OC)cc(CN(C)/C=C\N)c(Br)c1N. The fraction of sp³-hybridized carbons (Fsp3) is 0.429. The predicted molar refractivity (Wildman–Crippen MR) is 88.7 cm³/mol. The second-order valence-corrected chi connectivity index (χ2v) is 5.32. The molecule has 5 N–H and O–H groups in total. The first-order valence-corrected chi connectivity index (χ1v) is 7.31. The molecule has 0 heterocycles. The summed E-state index contributed by atoms with van der Waals surface area (Å²) < 4.78 is 6.32. The van der Waals surface area contributed by atoms with Crippen molar-refractivity contribution in [1.29, 1.82) is 0 Å². The van der Waals surface area contributed by atoms with Gasteiger partial charge in [-0.05, 0) is 34.0 Å². The number of nitrogen functional groups attached to an aromatic ring is 1. The molecular formula is C14H23BrN4O. The fourth-order valence-corrected chi connectivity index (χ4v) is 2.32. The molecule has 0 aliphatic carbocycles. The molecule has 0 aliphatic heterocycles. The van der Waals surface area contributed by atoms with E-state index in [1.807, 2.05) is 18.0 Å². The number of anilines is 2. The third-order valence-electron chi connectivity index (χ3n) is 2.87. The first kappa shape index (κ1) is 16.5. The van der Waals surface area contributed by atoms with Gasteiger partial charge in [-0.15, -0.1) is 0 Å². The lowest BCUT2D eigenvalue weighted by molar-refractivity contribution is 0.412. The minimum Gasteiger partial charge on any atom is -0.494 e. The molecule has 6 heteroatoms. The van der Waals surface area contributed by atoms with Crippen molar-refractivity contribution in [2.24, 2.45) is 5.73 Å². The van der Waals surface area contributed by atoms with E-state index in [0.29, 0.717) is 12.2 Å². The Morgan fingerprint density at radius 1 is 1.50 bits per heavy atom. The van der Waals surface area contributed by atoms with Gasteiger partial charge < -0.3 is 26.4 Å². The largest absolute Gasteiger partial charge is 0.494 e. The van der Waals surface area contributed by atoms with Gasteiger partial charge in [0, 0.05) is 37.0 Å². The number of nitrogens with zero attached hydrogens (tertiary/aromatic N) is 1. The molecule has 20 heavy (non-hydrogen) atoms. The van der Waals surface area contributed by atoms with Gasteiger partial charge in [0.25, 0.3) is 0 Å². The zero-order valence-corrected chi connectivity index (χ0v) is 13.8. The van der Waals surface area contributed by atoms with Crippen molar-refractivity contribution < 1.29 is 4.74 Å². The van der Waals surface area contributed by atoms with Crippen LogP contribution in [-0.4, -0.2) is 25.6 Å². The molecule has 0 aromatic heterocycles. The topological polar surface area (TPSA) is 76.5 Å². The summed E-state index contributed by atoms with van der Waals surface area (Å²) in [4.78, 5) is 1.97. The fourth-order valence-electron chi connectivity index (χ4n) is 1.89. The summed E-state index contributed by atoms with van der Waals surface area (Å²) in [5, 5.41) is 3.30. The van der Waals surface area contributed by atoms with E-state index in [2.05, 4.69) is 28.2 Å². The number of methoxy groups -OCH3 is 1. The number of nitrogens with two attached hydrogens (primary N) is 2. The number of ether oxygens (including phenoxy) is 1. The molecule has 0 bridgehead atoms. The maximum absolute atomic E-state index is 6.20. The van der Waals surface area contributed by atoms with Crippen LogP contribution < -0.4 is 21.5 Å². The Balaban J connectivity index is 3.12. The Labute approximate surface area is 129 Å². The van der Waals surface area contributed by atoms with Crippen molar-refractivity contribution in [3.8, 4) is 5.75 Å². The van der Waals surface area contributed by atoms with Crippen LogP contribution in [0.5, 0.6) is 5.75 Å². The molecule has 0 fully saturated rings. The first-order valence-electron chi connectivity index (χ1n) is 6.52. The lowest BCUT2D eigenvalue weighted by atomic mass is 10.1. The van der Waals surface area contributed by atoms with Crippen molar-refractivity contribution >= 4 is 27.3 Å². The number of hydrogen-bond donors (Lipinski definition) is 3. The van der Waals surface area contributed by atoms with Crippen LogP contribution in [0, 0.1) is 0 Å². The molecule has 1 rings (SSSR count). The van der Waals surface area contributed by atoms with Crippen LogP contribution in [0.25, 0.3) is 0 Å². The second-order valence-electron chi connectivity index (χ2n) is 4.52. The van der Waals surface area contributed by atoms with Gasteiger partial charge in [0.15, 0.2) is 0 Å². The van der Waals surface area contributed by atoms with Crippen LogP contribution in [0.2, 0.25) is 0 Å². The number of nitrogens with one attached hydrogen (secondary N) is 1. The molecule has 0 spiro atoms. The number of halogens is 1. The number of hydrogen-bond acceptors (Lipinski definition) is 5. The molecule has 0 saturated carbocycles. The third-order valence-corrected chi connectivity index (χ3v) is 3.81. The molecule has 0 unspecified atom stereocenters. The lowest BCUT2D eigenvalue weighted by Gasteiger charge is -2.20. The van der Waals surface area contributed by atoms with E-state index in [1.165, 1.54) is 6.20 Å². The van der Waals surface area contributed by atoms with Crippen molar-refractivity contribution in [1.82, 2.24) is 4.90 Å². The van der Waals surface area contributed by atoms with Crippen molar-refractivity contribution in [2.45, 2.75) is 19.9 Å². The zero-order chi connectivity index (χ0) is 15.1. The van der Waals surface area contributed by atoms with Gasteiger partial charge in [-0.25, -0.2) is 0 Å². The highest BCUT2D eigenvalue weighted by molar-refractivity contribution is 9.10. The van der Waals surface area contributed by atoms with Crippen LogP contribution in [0.4, 0.5) is 11.4 Å². The summed E-state index contributed by atoms with van der Waals surface area (Å²) >= 11 is 3.56. The highest BCUT2D eigenvalue weighted by Gasteiger charge is 2.15. The van der Waals surface area contributed by atoms with E-state index in [-0.39, 0.29) is 0 Å². The van der Waals surface area contributed by atoms with Crippen molar-refractivity contribution in [3.05, 3.63) is 28.5 Å². The monoisotopic (exact) mass is 342 g/mol. The second kappa shape index (κ2) is 7.89. The minimum atomic E-state index is 0.665. The third kappa shape index (κ3) is 3.96. The highest BCUT2D eigenvalue weighted by atomic mass is 79.9. The molecule has 0 atom stereocenters. The van der Waals surface area contributed by atoms with Crippen molar-refractivity contribution in [2.75, 3.05) is 31.8 Å². The van der Waals surface area contributed by atoms with Gasteiger partial charge in [-0.3, -0.25) is 0 Å². The summed E-state index contributed by atoms with van der Waals surface area (Å²) in [6.07, 6.45) is 4.33. The van der Waals surface area contributed by atoms with E-state index in [1.54, 1.807) is 13.3 Å². The Morgan fingerprint density at radius 2 is 2.20 bits per heavy atom. The van der Waals surface area contributed by atoms with Crippen LogP contribution in [0.15, 0.2) is 22.9 Å². The standard InChI is InChI=1S/C14H23BrN4O/c1-4-6-18-14-11(20-3)8-10(12(15)13(14)17)9-19(2)7-5-16/h5,7-8,18H,4,6,9,16-17H2,1-3H3/b7-5-. The maximum Gasteiger partial charge on any atom is 0.144 e. The van der Waals surface area contributed by atoms with Crippen LogP contribution in [0.1, 0.15) is 18.9 Å². The van der Waals surface area contributed by atoms with Gasteiger partial charge in [0.1, 0.15) is 11.4 Å². The summed E-state index contributed by atoms with van der Waals surface area (Å²) in [7, 11) is 3.59. The molecule has 5 nitrogen and oxygen atoms in total. The van der Waals surface area contributed by atoms with E-state index >= 15 is 0 Å².